The van der Waals surface area contributed by atoms with E-state index in [4.69, 9.17) is 4.52 Å². The van der Waals surface area contributed by atoms with Crippen LogP contribution in [0.15, 0.2) is 46.1 Å². The number of aromatic nitrogens is 3. The molecule has 174 valence electrons. The lowest BCUT2D eigenvalue weighted by atomic mass is 10.2. The first-order valence-corrected chi connectivity index (χ1v) is 11.4. The standard InChI is InChI=1S/C20H18F3N5O4S/c21-14-3-4-15(19(23)18(14)22)33(30,31)28-10-8-27(9-11-28)17(29)6-5-16-25-20(26-32-16)13-2-1-7-24-12-13/h1-4,7,12H,5-6,8-11H2. The van der Waals surface area contributed by atoms with Gasteiger partial charge < -0.3 is 9.42 Å². The van der Waals surface area contributed by atoms with Gasteiger partial charge in [0.25, 0.3) is 0 Å². The average Bonchev–Trinajstić information content (AvgIpc) is 3.31. The molecule has 1 amide bonds. The molecule has 0 radical (unpaired) electrons. The zero-order valence-corrected chi connectivity index (χ0v) is 17.9. The predicted octanol–water partition coefficient (Wildman–Crippen LogP) is 2.01. The first-order valence-electron chi connectivity index (χ1n) is 9.92. The van der Waals surface area contributed by atoms with E-state index in [0.29, 0.717) is 23.5 Å². The van der Waals surface area contributed by atoms with Crippen LogP contribution < -0.4 is 0 Å². The highest BCUT2D eigenvalue weighted by molar-refractivity contribution is 7.89. The molecule has 9 nitrogen and oxygen atoms in total. The van der Waals surface area contributed by atoms with E-state index in [-0.39, 0.29) is 50.8 Å². The van der Waals surface area contributed by atoms with E-state index in [1.54, 1.807) is 24.5 Å². The van der Waals surface area contributed by atoms with Crippen LogP contribution in [0.2, 0.25) is 0 Å². The van der Waals surface area contributed by atoms with Crippen LogP contribution in [0.3, 0.4) is 0 Å². The monoisotopic (exact) mass is 481 g/mol. The Hall–Kier alpha value is -3.32. The van der Waals surface area contributed by atoms with Gasteiger partial charge in [-0.25, -0.2) is 21.6 Å². The number of benzene rings is 1. The summed E-state index contributed by atoms with van der Waals surface area (Å²) < 4.78 is 72.0. The summed E-state index contributed by atoms with van der Waals surface area (Å²) in [6, 6.07) is 4.75. The average molecular weight is 481 g/mol. The van der Waals surface area contributed by atoms with Gasteiger partial charge in [0, 0.05) is 57.0 Å². The van der Waals surface area contributed by atoms with E-state index in [1.165, 1.54) is 4.90 Å². The fourth-order valence-corrected chi connectivity index (χ4v) is 4.84. The Morgan fingerprint density at radius 2 is 1.82 bits per heavy atom. The summed E-state index contributed by atoms with van der Waals surface area (Å²) in [6.45, 7) is -0.0985. The highest BCUT2D eigenvalue weighted by Gasteiger charge is 2.33. The van der Waals surface area contributed by atoms with Crippen molar-refractivity contribution in [1.82, 2.24) is 24.3 Å². The van der Waals surface area contributed by atoms with Gasteiger partial charge in [-0.15, -0.1) is 0 Å². The summed E-state index contributed by atoms with van der Waals surface area (Å²) >= 11 is 0. The molecule has 3 aromatic rings. The number of hydrogen-bond acceptors (Lipinski definition) is 7. The molecule has 3 heterocycles. The SMILES string of the molecule is O=C(CCc1nc(-c2cccnc2)no1)N1CCN(S(=O)(=O)c2ccc(F)c(F)c2F)CC1. The maximum atomic E-state index is 14.0. The maximum Gasteiger partial charge on any atom is 0.246 e. The first kappa shape index (κ1) is 22.9. The van der Waals surface area contributed by atoms with E-state index in [0.717, 1.165) is 4.31 Å². The number of piperazine rings is 1. The maximum absolute atomic E-state index is 14.0. The van der Waals surface area contributed by atoms with Crippen LogP contribution in [0.1, 0.15) is 12.3 Å². The van der Waals surface area contributed by atoms with Crippen molar-refractivity contribution < 1.29 is 30.9 Å². The van der Waals surface area contributed by atoms with Crippen LogP contribution in [0, 0.1) is 17.5 Å². The normalized spacial score (nSPS) is 15.1. The molecule has 1 saturated heterocycles. The topological polar surface area (TPSA) is 109 Å². The minimum absolute atomic E-state index is 0.0636. The number of halogens is 3. The number of amides is 1. The summed E-state index contributed by atoms with van der Waals surface area (Å²) in [4.78, 5) is 21.2. The molecule has 1 aliphatic heterocycles. The van der Waals surface area contributed by atoms with E-state index in [2.05, 4.69) is 15.1 Å². The predicted molar refractivity (Wildman–Crippen MR) is 108 cm³/mol. The molecule has 0 unspecified atom stereocenters. The van der Waals surface area contributed by atoms with Gasteiger partial charge in [0.15, 0.2) is 17.5 Å². The van der Waals surface area contributed by atoms with Crippen molar-refractivity contribution in [2.75, 3.05) is 26.2 Å². The molecular weight excluding hydrogens is 463 g/mol. The number of nitrogens with zero attached hydrogens (tertiary/aromatic N) is 5. The van der Waals surface area contributed by atoms with Crippen molar-refractivity contribution in [3.8, 4) is 11.4 Å². The van der Waals surface area contributed by atoms with Crippen LogP contribution in [0.25, 0.3) is 11.4 Å². The molecule has 0 atom stereocenters. The third-order valence-corrected chi connectivity index (χ3v) is 7.07. The summed E-state index contributed by atoms with van der Waals surface area (Å²) in [5, 5.41) is 3.86. The van der Waals surface area contributed by atoms with E-state index in [1.807, 2.05) is 0 Å². The minimum atomic E-state index is -4.38. The third kappa shape index (κ3) is 4.73. The summed E-state index contributed by atoms with van der Waals surface area (Å²) in [7, 11) is -4.38. The van der Waals surface area contributed by atoms with Crippen molar-refractivity contribution >= 4 is 15.9 Å². The Balaban J connectivity index is 1.33. The molecule has 0 N–H and O–H groups in total. The van der Waals surface area contributed by atoms with Crippen LogP contribution in [0.4, 0.5) is 13.2 Å². The van der Waals surface area contributed by atoms with Crippen molar-refractivity contribution in [1.29, 1.82) is 0 Å². The zero-order chi connectivity index (χ0) is 23.6. The first-order chi connectivity index (χ1) is 15.8. The van der Waals surface area contributed by atoms with Crippen LogP contribution in [-0.4, -0.2) is 64.8 Å². The number of hydrogen-bond donors (Lipinski definition) is 0. The van der Waals surface area contributed by atoms with Gasteiger partial charge in [0.05, 0.1) is 0 Å². The zero-order valence-electron chi connectivity index (χ0n) is 17.1. The Morgan fingerprint density at radius 3 is 2.52 bits per heavy atom. The molecule has 0 saturated carbocycles. The number of aryl methyl sites for hydroxylation is 1. The Kier molecular flexibility index (Phi) is 6.42. The number of sulfonamides is 1. The highest BCUT2D eigenvalue weighted by Crippen LogP contribution is 2.24. The Bertz CT molecular complexity index is 1260. The second-order valence-electron chi connectivity index (χ2n) is 7.21. The van der Waals surface area contributed by atoms with Crippen molar-refractivity contribution in [2.24, 2.45) is 0 Å². The van der Waals surface area contributed by atoms with Gasteiger partial charge in [-0.05, 0) is 24.3 Å². The van der Waals surface area contributed by atoms with Gasteiger partial charge in [0.1, 0.15) is 4.90 Å². The number of carbonyl (C=O) groups excluding carboxylic acids is 1. The third-order valence-electron chi connectivity index (χ3n) is 5.15. The number of carbonyl (C=O) groups is 1. The van der Waals surface area contributed by atoms with Gasteiger partial charge >= 0.3 is 0 Å². The molecule has 33 heavy (non-hydrogen) atoms. The molecule has 0 bridgehead atoms. The lowest BCUT2D eigenvalue weighted by Gasteiger charge is -2.34. The van der Waals surface area contributed by atoms with Crippen LogP contribution in [0.5, 0.6) is 0 Å². The molecule has 0 spiro atoms. The summed E-state index contributed by atoms with van der Waals surface area (Å²) in [5.41, 5.74) is 0.675. The van der Waals surface area contributed by atoms with Crippen LogP contribution >= 0.6 is 0 Å². The highest BCUT2D eigenvalue weighted by atomic mass is 32.2. The summed E-state index contributed by atoms with van der Waals surface area (Å²) in [5.74, 6) is -4.70. The lowest BCUT2D eigenvalue weighted by molar-refractivity contribution is -0.132. The fraction of sp³-hybridized carbons (Fsp3) is 0.300. The Labute approximate surface area is 186 Å². The second kappa shape index (κ2) is 9.27. The van der Waals surface area contributed by atoms with Gasteiger partial charge in [-0.3, -0.25) is 9.78 Å². The molecular formula is C20H18F3N5O4S. The quantitative estimate of drug-likeness (QED) is 0.496. The van der Waals surface area contributed by atoms with E-state index < -0.39 is 32.4 Å². The molecule has 0 aliphatic carbocycles. The van der Waals surface area contributed by atoms with E-state index in [9.17, 15) is 26.4 Å². The largest absolute Gasteiger partial charge is 0.340 e. The molecule has 13 heteroatoms. The molecule has 1 aromatic carbocycles. The van der Waals surface area contributed by atoms with Gasteiger partial charge in [-0.1, -0.05) is 5.16 Å². The molecule has 1 fully saturated rings. The molecule has 2 aromatic heterocycles. The second-order valence-corrected chi connectivity index (χ2v) is 9.12. The van der Waals surface area contributed by atoms with Gasteiger partial charge in [0.2, 0.25) is 27.6 Å². The van der Waals surface area contributed by atoms with E-state index >= 15 is 0 Å². The van der Waals surface area contributed by atoms with Crippen molar-refractivity contribution in [2.45, 2.75) is 17.7 Å². The number of pyridine rings is 1. The smallest absolute Gasteiger partial charge is 0.246 e. The van der Waals surface area contributed by atoms with Crippen LogP contribution in [-0.2, 0) is 21.2 Å². The summed E-state index contributed by atoms with van der Waals surface area (Å²) in [6.07, 6.45) is 3.46. The lowest BCUT2D eigenvalue weighted by Crippen LogP contribution is -2.50. The minimum Gasteiger partial charge on any atom is -0.340 e. The van der Waals surface area contributed by atoms with Crippen molar-refractivity contribution in [3.63, 3.8) is 0 Å². The molecule has 4 rings (SSSR count). The fourth-order valence-electron chi connectivity index (χ4n) is 3.37. The number of rotatable bonds is 6. The Morgan fingerprint density at radius 1 is 1.06 bits per heavy atom. The van der Waals surface area contributed by atoms with Crippen molar-refractivity contribution in [3.05, 3.63) is 60.0 Å². The molecule has 1 aliphatic rings. The van der Waals surface area contributed by atoms with Gasteiger partial charge in [-0.2, -0.15) is 9.29 Å².